The first kappa shape index (κ1) is 21.3. The largest absolute Gasteiger partial charge is 0.492 e. The zero-order valence-electron chi connectivity index (χ0n) is 17.8. The van der Waals surface area contributed by atoms with Gasteiger partial charge in [-0.05, 0) is 42.5 Å². The summed E-state index contributed by atoms with van der Waals surface area (Å²) in [4.78, 5) is 8.77. The molecule has 0 spiro atoms. The average molecular weight is 458 g/mol. The van der Waals surface area contributed by atoms with Crippen LogP contribution in [-0.4, -0.2) is 34.8 Å². The molecule has 2 N–H and O–H groups in total. The second-order valence-corrected chi connectivity index (χ2v) is 8.42. The average Bonchev–Trinajstić information content (AvgIpc) is 3.52. The Morgan fingerprint density at radius 1 is 1.06 bits per heavy atom. The molecule has 5 rings (SSSR count). The van der Waals surface area contributed by atoms with E-state index in [1.807, 2.05) is 72.1 Å². The van der Waals surface area contributed by atoms with E-state index in [0.717, 1.165) is 44.3 Å². The summed E-state index contributed by atoms with van der Waals surface area (Å²) in [5.41, 5.74) is 3.54. The molecule has 0 radical (unpaired) electrons. The van der Waals surface area contributed by atoms with Gasteiger partial charge in [0.25, 0.3) is 0 Å². The van der Waals surface area contributed by atoms with Gasteiger partial charge >= 0.3 is 0 Å². The molecule has 3 heterocycles. The number of ether oxygens (including phenoxy) is 1. The Morgan fingerprint density at radius 2 is 1.94 bits per heavy atom. The van der Waals surface area contributed by atoms with E-state index in [0.29, 0.717) is 19.7 Å². The number of thiazole rings is 1. The molecular weight excluding hydrogens is 434 g/mol. The number of aliphatic hydroxyl groups is 1. The molecule has 0 saturated carbocycles. The molecule has 166 valence electrons. The van der Waals surface area contributed by atoms with E-state index in [2.05, 4.69) is 10.3 Å². The fourth-order valence-electron chi connectivity index (χ4n) is 3.49. The van der Waals surface area contributed by atoms with E-state index in [9.17, 15) is 5.11 Å². The lowest BCUT2D eigenvalue weighted by atomic mass is 10.1. The third-order valence-electron chi connectivity index (χ3n) is 5.24. The monoisotopic (exact) mass is 457 g/mol. The number of hydrogen-bond acceptors (Lipinski definition) is 7. The molecule has 0 aliphatic carbocycles. The molecule has 0 fully saturated rings. The fraction of sp³-hybridized carbons (Fsp3) is 0.154. The van der Waals surface area contributed by atoms with Gasteiger partial charge in [-0.3, -0.25) is 4.98 Å². The number of benzene rings is 2. The first-order valence-corrected chi connectivity index (χ1v) is 11.6. The van der Waals surface area contributed by atoms with Gasteiger partial charge in [0.1, 0.15) is 28.6 Å². The number of furan rings is 1. The second-order valence-electron chi connectivity index (χ2n) is 7.57. The van der Waals surface area contributed by atoms with E-state index in [-0.39, 0.29) is 0 Å². The summed E-state index contributed by atoms with van der Waals surface area (Å²) in [6, 6.07) is 21.6. The van der Waals surface area contributed by atoms with Crippen molar-refractivity contribution in [2.75, 3.05) is 19.7 Å². The van der Waals surface area contributed by atoms with Crippen molar-refractivity contribution in [1.29, 1.82) is 0 Å². The maximum atomic E-state index is 10.1. The number of fused-ring (bicyclic) bond motifs is 1. The van der Waals surface area contributed by atoms with Gasteiger partial charge in [-0.25, -0.2) is 4.98 Å². The van der Waals surface area contributed by atoms with Gasteiger partial charge < -0.3 is 19.6 Å². The van der Waals surface area contributed by atoms with E-state index in [1.54, 1.807) is 23.7 Å². The Morgan fingerprint density at radius 3 is 2.76 bits per heavy atom. The third kappa shape index (κ3) is 5.12. The van der Waals surface area contributed by atoms with Crippen LogP contribution in [0.2, 0.25) is 0 Å². The Bertz CT molecular complexity index is 1280. The lowest BCUT2D eigenvalue weighted by molar-refractivity contribution is 0.171. The van der Waals surface area contributed by atoms with Crippen LogP contribution in [0, 0.1) is 0 Å². The van der Waals surface area contributed by atoms with Gasteiger partial charge in [-0.2, -0.15) is 0 Å². The number of rotatable bonds is 9. The van der Waals surface area contributed by atoms with E-state index < -0.39 is 6.10 Å². The SMILES string of the molecule is OC(CNCCOc1ccc(-c2nc(-c3cc4ccccc4o3)cs2)cc1)c1cccnc1. The molecule has 0 aliphatic heterocycles. The normalized spacial score (nSPS) is 12.2. The standard InChI is InChI=1S/C26H23N3O3S/c30-23(20-5-3-11-27-15-20)16-28-12-13-31-21-9-7-18(8-10-21)26-29-22(17-33-26)25-14-19-4-1-2-6-24(19)32-25/h1-11,14-15,17,23,28,30H,12-13,16H2. The van der Waals surface area contributed by atoms with E-state index >= 15 is 0 Å². The Labute approximate surface area is 195 Å². The molecule has 0 amide bonds. The van der Waals surface area contributed by atoms with Crippen LogP contribution < -0.4 is 10.1 Å². The quantitative estimate of drug-likeness (QED) is 0.292. The number of para-hydroxylation sites is 1. The van der Waals surface area contributed by atoms with Crippen molar-refractivity contribution in [3.8, 4) is 27.8 Å². The maximum absolute atomic E-state index is 10.1. The van der Waals surface area contributed by atoms with Crippen LogP contribution in [0.3, 0.4) is 0 Å². The van der Waals surface area contributed by atoms with Gasteiger partial charge in [0, 0.05) is 47.4 Å². The van der Waals surface area contributed by atoms with Crippen LogP contribution >= 0.6 is 11.3 Å². The first-order valence-electron chi connectivity index (χ1n) is 10.7. The number of nitrogens with zero attached hydrogens (tertiary/aromatic N) is 2. The van der Waals surface area contributed by atoms with Gasteiger partial charge in [0.2, 0.25) is 0 Å². The molecule has 0 bridgehead atoms. The van der Waals surface area contributed by atoms with Crippen molar-refractivity contribution >= 4 is 22.3 Å². The van der Waals surface area contributed by atoms with Gasteiger partial charge in [0.15, 0.2) is 5.76 Å². The van der Waals surface area contributed by atoms with Crippen molar-refractivity contribution in [3.05, 3.63) is 90.1 Å². The van der Waals surface area contributed by atoms with Crippen LogP contribution in [0.15, 0.2) is 88.9 Å². The lowest BCUT2D eigenvalue weighted by Gasteiger charge is -2.12. The number of aliphatic hydroxyl groups excluding tert-OH is 1. The molecular formula is C26H23N3O3S. The van der Waals surface area contributed by atoms with Gasteiger partial charge in [-0.15, -0.1) is 11.3 Å². The maximum Gasteiger partial charge on any atom is 0.154 e. The summed E-state index contributed by atoms with van der Waals surface area (Å²) in [6.07, 6.45) is 2.78. The Balaban J connectivity index is 1.13. The highest BCUT2D eigenvalue weighted by Crippen LogP contribution is 2.32. The summed E-state index contributed by atoms with van der Waals surface area (Å²) in [5.74, 6) is 1.57. The molecule has 7 heteroatoms. The number of hydrogen-bond donors (Lipinski definition) is 2. The summed E-state index contributed by atoms with van der Waals surface area (Å²) in [7, 11) is 0. The zero-order valence-corrected chi connectivity index (χ0v) is 18.7. The minimum Gasteiger partial charge on any atom is -0.492 e. The number of aromatic nitrogens is 2. The van der Waals surface area contributed by atoms with Crippen molar-refractivity contribution in [1.82, 2.24) is 15.3 Å². The molecule has 5 aromatic rings. The third-order valence-corrected chi connectivity index (χ3v) is 6.13. The zero-order chi connectivity index (χ0) is 22.5. The summed E-state index contributed by atoms with van der Waals surface area (Å²) in [6.45, 7) is 1.59. The van der Waals surface area contributed by atoms with Crippen LogP contribution in [0.5, 0.6) is 5.75 Å². The minimum absolute atomic E-state index is 0.450. The smallest absolute Gasteiger partial charge is 0.154 e. The fourth-order valence-corrected chi connectivity index (χ4v) is 4.31. The first-order chi connectivity index (χ1) is 16.3. The van der Waals surface area contributed by atoms with Crippen molar-refractivity contribution in [3.63, 3.8) is 0 Å². The lowest BCUT2D eigenvalue weighted by Crippen LogP contribution is -2.26. The summed E-state index contributed by atoms with van der Waals surface area (Å²) >= 11 is 1.59. The highest BCUT2D eigenvalue weighted by atomic mass is 32.1. The van der Waals surface area contributed by atoms with Crippen LogP contribution in [-0.2, 0) is 0 Å². The Kier molecular flexibility index (Phi) is 6.44. The molecule has 0 aliphatic rings. The summed E-state index contributed by atoms with van der Waals surface area (Å²) < 4.78 is 11.7. The molecule has 1 atom stereocenters. The van der Waals surface area contributed by atoms with Crippen molar-refractivity contribution in [2.45, 2.75) is 6.10 Å². The highest BCUT2D eigenvalue weighted by Gasteiger charge is 2.11. The highest BCUT2D eigenvalue weighted by molar-refractivity contribution is 7.13. The van der Waals surface area contributed by atoms with Crippen LogP contribution in [0.4, 0.5) is 0 Å². The molecule has 2 aromatic carbocycles. The molecule has 1 unspecified atom stereocenters. The van der Waals surface area contributed by atoms with Gasteiger partial charge in [0.05, 0.1) is 6.10 Å². The predicted molar refractivity (Wildman–Crippen MR) is 130 cm³/mol. The Hall–Kier alpha value is -3.52. The topological polar surface area (TPSA) is 80.4 Å². The molecule has 0 saturated heterocycles. The van der Waals surface area contributed by atoms with E-state index in [4.69, 9.17) is 14.1 Å². The van der Waals surface area contributed by atoms with Gasteiger partial charge in [-0.1, -0.05) is 24.3 Å². The van der Waals surface area contributed by atoms with Crippen LogP contribution in [0.1, 0.15) is 11.7 Å². The number of nitrogens with one attached hydrogen (secondary N) is 1. The molecule has 33 heavy (non-hydrogen) atoms. The number of pyridine rings is 1. The predicted octanol–water partition coefficient (Wildman–Crippen LogP) is 5.32. The van der Waals surface area contributed by atoms with E-state index in [1.165, 1.54) is 0 Å². The molecule has 6 nitrogen and oxygen atoms in total. The minimum atomic E-state index is -0.583. The molecule has 3 aromatic heterocycles. The van der Waals surface area contributed by atoms with Crippen molar-refractivity contribution in [2.24, 2.45) is 0 Å². The second kappa shape index (κ2) is 9.95. The van der Waals surface area contributed by atoms with Crippen LogP contribution in [0.25, 0.3) is 33.0 Å². The summed E-state index contributed by atoms with van der Waals surface area (Å²) in [5, 5.41) is 17.4. The van der Waals surface area contributed by atoms with Crippen molar-refractivity contribution < 1.29 is 14.3 Å².